The van der Waals surface area contributed by atoms with Gasteiger partial charge in [-0.15, -0.1) is 24.2 Å². The monoisotopic (exact) mass is 296 g/mol. The van der Waals surface area contributed by atoms with Gasteiger partial charge >= 0.3 is 0 Å². The van der Waals surface area contributed by atoms with Crippen LogP contribution in [0.1, 0.15) is 26.2 Å². The van der Waals surface area contributed by atoms with Crippen LogP contribution in [0.25, 0.3) is 0 Å². The Kier molecular flexibility index (Phi) is 3.71. The number of thioether (sulfide) groups is 1. The fourth-order valence-electron chi connectivity index (χ4n) is 3.85. The Morgan fingerprint density at radius 2 is 2.26 bits per heavy atom. The number of halogens is 1. The molecule has 0 radical (unpaired) electrons. The van der Waals surface area contributed by atoms with E-state index in [4.69, 9.17) is 0 Å². The number of hydrogen-bond donors (Lipinski definition) is 1. The molecule has 2 unspecified atom stereocenters. The van der Waals surface area contributed by atoms with Crippen LogP contribution < -0.4 is 5.32 Å². The van der Waals surface area contributed by atoms with Gasteiger partial charge < -0.3 is 10.2 Å². The molecule has 0 aromatic heterocycles. The highest BCUT2D eigenvalue weighted by Crippen LogP contribution is 2.49. The lowest BCUT2D eigenvalue weighted by atomic mass is 9.88. The zero-order valence-electron chi connectivity index (χ0n) is 11.3. The highest BCUT2D eigenvalue weighted by Gasteiger charge is 2.41. The van der Waals surface area contributed by atoms with Crippen molar-refractivity contribution in [2.75, 3.05) is 19.6 Å². The van der Waals surface area contributed by atoms with Crippen LogP contribution in [0.5, 0.6) is 0 Å². The first-order valence-corrected chi connectivity index (χ1v) is 7.99. The smallest absolute Gasteiger partial charge is 0.0537 e. The summed E-state index contributed by atoms with van der Waals surface area (Å²) in [6.45, 7) is 5.80. The molecule has 3 heterocycles. The zero-order chi connectivity index (χ0) is 12.1. The first-order chi connectivity index (χ1) is 8.86. The van der Waals surface area contributed by atoms with Crippen LogP contribution >= 0.6 is 24.2 Å². The van der Waals surface area contributed by atoms with Crippen molar-refractivity contribution in [1.29, 1.82) is 0 Å². The Bertz CT molecular complexity index is 481. The minimum atomic E-state index is 0. The van der Waals surface area contributed by atoms with E-state index in [0.717, 1.165) is 19.0 Å². The molecule has 3 aliphatic heterocycles. The van der Waals surface area contributed by atoms with Crippen LogP contribution in [-0.4, -0.2) is 30.6 Å². The number of piperidine rings is 1. The molecule has 4 heteroatoms. The second-order valence-corrected chi connectivity index (χ2v) is 6.73. The molecule has 19 heavy (non-hydrogen) atoms. The number of nitrogens with one attached hydrogen (secondary N) is 1. The number of nitrogens with zero attached hydrogens (tertiary/aromatic N) is 1. The zero-order valence-corrected chi connectivity index (χ0v) is 12.9. The maximum absolute atomic E-state index is 3.56. The topological polar surface area (TPSA) is 15.3 Å². The van der Waals surface area contributed by atoms with Crippen molar-refractivity contribution >= 4 is 24.2 Å². The molecule has 2 atom stereocenters. The van der Waals surface area contributed by atoms with Gasteiger partial charge in [0.25, 0.3) is 0 Å². The maximum Gasteiger partial charge on any atom is 0.0537 e. The van der Waals surface area contributed by atoms with Crippen molar-refractivity contribution in [1.82, 2.24) is 10.2 Å². The summed E-state index contributed by atoms with van der Waals surface area (Å²) < 4.78 is 0. The Morgan fingerprint density at radius 1 is 1.37 bits per heavy atom. The molecule has 1 saturated heterocycles. The van der Waals surface area contributed by atoms with Crippen LogP contribution in [0, 0.1) is 5.92 Å². The Labute approximate surface area is 125 Å². The van der Waals surface area contributed by atoms with Crippen molar-refractivity contribution in [3.63, 3.8) is 0 Å². The molecule has 0 amide bonds. The summed E-state index contributed by atoms with van der Waals surface area (Å²) in [5, 5.41) is 5.87. The van der Waals surface area contributed by atoms with Crippen LogP contribution in [0.3, 0.4) is 0 Å². The minimum Gasteiger partial charge on any atom is -0.360 e. The number of fused-ring (bicyclic) bond motifs is 2. The molecule has 2 nitrogen and oxygen atoms in total. The van der Waals surface area contributed by atoms with Crippen molar-refractivity contribution in [2.45, 2.75) is 32.2 Å². The molecule has 1 N–H and O–H groups in total. The summed E-state index contributed by atoms with van der Waals surface area (Å²) in [5.74, 6) is 0.743. The lowest BCUT2D eigenvalue weighted by Gasteiger charge is -2.33. The molecule has 4 aliphatic rings. The Morgan fingerprint density at radius 3 is 3.16 bits per heavy atom. The van der Waals surface area contributed by atoms with Gasteiger partial charge in [-0.3, -0.25) is 0 Å². The van der Waals surface area contributed by atoms with E-state index >= 15 is 0 Å². The Hall–Kier alpha value is -0.380. The lowest BCUT2D eigenvalue weighted by Crippen LogP contribution is -2.40. The average Bonchev–Trinajstić information content (AvgIpc) is 2.57. The van der Waals surface area contributed by atoms with Crippen molar-refractivity contribution in [3.8, 4) is 0 Å². The third-order valence-corrected chi connectivity index (χ3v) is 5.93. The van der Waals surface area contributed by atoms with Gasteiger partial charge in [-0.2, -0.15) is 0 Å². The second kappa shape index (κ2) is 5.19. The first-order valence-electron chi connectivity index (χ1n) is 7.11. The fourth-order valence-corrected chi connectivity index (χ4v) is 4.88. The second-order valence-electron chi connectivity index (χ2n) is 5.78. The van der Waals surface area contributed by atoms with E-state index in [1.165, 1.54) is 25.8 Å². The van der Waals surface area contributed by atoms with Gasteiger partial charge in [0.05, 0.1) is 11.7 Å². The summed E-state index contributed by atoms with van der Waals surface area (Å²) in [5.41, 5.74) is 5.01. The molecule has 0 aromatic rings. The quantitative estimate of drug-likeness (QED) is 0.738. The maximum atomic E-state index is 3.56. The van der Waals surface area contributed by atoms with Gasteiger partial charge in [-0.25, -0.2) is 0 Å². The predicted molar refractivity (Wildman–Crippen MR) is 84.4 cm³/mol. The van der Waals surface area contributed by atoms with E-state index in [1.54, 1.807) is 21.7 Å². The average molecular weight is 297 g/mol. The van der Waals surface area contributed by atoms with Gasteiger partial charge in [-0.05, 0) is 48.3 Å². The van der Waals surface area contributed by atoms with Crippen LogP contribution in [0.15, 0.2) is 33.2 Å². The van der Waals surface area contributed by atoms with Crippen LogP contribution in [-0.2, 0) is 0 Å². The van der Waals surface area contributed by atoms with E-state index in [1.807, 2.05) is 11.8 Å². The molecule has 0 spiro atoms. The highest BCUT2D eigenvalue weighted by atomic mass is 35.5. The van der Waals surface area contributed by atoms with Crippen LogP contribution in [0.2, 0.25) is 0 Å². The predicted octanol–water partition coefficient (Wildman–Crippen LogP) is 3.28. The van der Waals surface area contributed by atoms with Gasteiger partial charge in [0.15, 0.2) is 0 Å². The number of hydrogen-bond acceptors (Lipinski definition) is 3. The van der Waals surface area contributed by atoms with Crippen LogP contribution in [0.4, 0.5) is 0 Å². The molecule has 104 valence electrons. The van der Waals surface area contributed by atoms with Crippen molar-refractivity contribution < 1.29 is 0 Å². The van der Waals surface area contributed by atoms with Gasteiger partial charge in [0, 0.05) is 18.0 Å². The van der Waals surface area contributed by atoms with Crippen molar-refractivity contribution in [3.05, 3.63) is 33.2 Å². The summed E-state index contributed by atoms with van der Waals surface area (Å²) in [6.07, 6.45) is 6.25. The van der Waals surface area contributed by atoms with Gasteiger partial charge in [0.2, 0.25) is 0 Å². The summed E-state index contributed by atoms with van der Waals surface area (Å²) in [4.78, 5) is 4.32. The molecule has 4 rings (SSSR count). The molecular weight excluding hydrogens is 276 g/mol. The first kappa shape index (κ1) is 13.6. The van der Waals surface area contributed by atoms with E-state index in [2.05, 4.69) is 28.6 Å². The van der Waals surface area contributed by atoms with Gasteiger partial charge in [0.1, 0.15) is 0 Å². The van der Waals surface area contributed by atoms with Crippen molar-refractivity contribution in [2.24, 2.45) is 5.92 Å². The summed E-state index contributed by atoms with van der Waals surface area (Å²) in [7, 11) is 0. The third kappa shape index (κ3) is 1.98. The normalized spacial score (nSPS) is 32.8. The molecular formula is C15H21ClN2S. The SMILES string of the molecule is CC1CCC2=C3CNCCC3N3CC=CSC1=C23.Cl. The lowest BCUT2D eigenvalue weighted by molar-refractivity contribution is 0.297. The molecule has 1 fully saturated rings. The van der Waals surface area contributed by atoms with E-state index in [-0.39, 0.29) is 12.4 Å². The highest BCUT2D eigenvalue weighted by molar-refractivity contribution is 8.05. The fraction of sp³-hybridized carbons (Fsp3) is 0.600. The number of allylic oxidation sites excluding steroid dienone is 2. The summed E-state index contributed by atoms with van der Waals surface area (Å²) >= 11 is 1.97. The minimum absolute atomic E-state index is 0. The van der Waals surface area contributed by atoms with E-state index in [0.29, 0.717) is 6.04 Å². The van der Waals surface area contributed by atoms with Gasteiger partial charge in [-0.1, -0.05) is 13.0 Å². The Balaban J connectivity index is 0.00000110. The molecule has 0 saturated carbocycles. The van der Waals surface area contributed by atoms with E-state index < -0.39 is 0 Å². The molecule has 1 aliphatic carbocycles. The molecule has 0 aromatic carbocycles. The third-order valence-electron chi connectivity index (χ3n) is 4.75. The molecule has 0 bridgehead atoms. The number of rotatable bonds is 0. The van der Waals surface area contributed by atoms with E-state index in [9.17, 15) is 0 Å². The largest absolute Gasteiger partial charge is 0.360 e. The standard InChI is InChI=1S/C15H20N2S.ClH/c1-10-3-4-11-12-9-16-6-5-13(12)17-7-2-8-18-15(10)14(11)17;/h2,8,10,13,16H,3-7,9H2,1H3;1H. The summed E-state index contributed by atoms with van der Waals surface area (Å²) in [6, 6.07) is 0.694.